The van der Waals surface area contributed by atoms with Gasteiger partial charge in [-0.05, 0) is 107 Å². The molecule has 6 aliphatic carbocycles. The molecule has 8 atom stereocenters. The molecule has 7 heteroatoms. The van der Waals surface area contributed by atoms with Crippen molar-refractivity contribution in [1.82, 2.24) is 4.90 Å². The molecule has 6 saturated carbocycles. The van der Waals surface area contributed by atoms with Gasteiger partial charge in [0.15, 0.2) is 0 Å². The standard InChI is InChI=1S/C40H65NO6/c1-4-34-33-13-7-8-28(22-33)23-35(34)36(42)45-17-14-41(15-18-46-37(43)39(2)24-29-9-5-10-30(20-29)25-39)16-19-47-38(44)40(3)26-31-11-6-12-32(21-31)27-40/h28-35H,4-27H2,1-3H3. The van der Waals surface area contributed by atoms with Crippen molar-refractivity contribution in [2.75, 3.05) is 39.5 Å². The minimum atomic E-state index is -0.383. The molecule has 7 nitrogen and oxygen atoms in total. The van der Waals surface area contributed by atoms with E-state index in [1.807, 2.05) is 0 Å². The number of esters is 3. The zero-order valence-electron chi connectivity index (χ0n) is 30.0. The summed E-state index contributed by atoms with van der Waals surface area (Å²) in [7, 11) is 0. The van der Waals surface area contributed by atoms with E-state index >= 15 is 0 Å². The van der Waals surface area contributed by atoms with Crippen molar-refractivity contribution in [3.05, 3.63) is 0 Å². The van der Waals surface area contributed by atoms with E-state index in [-0.39, 0.29) is 34.7 Å². The van der Waals surface area contributed by atoms with Crippen LogP contribution in [0.25, 0.3) is 0 Å². The second-order valence-corrected chi connectivity index (χ2v) is 17.7. The van der Waals surface area contributed by atoms with Crippen LogP contribution >= 0.6 is 0 Å². The lowest BCUT2D eigenvalue weighted by Gasteiger charge is -2.44. The topological polar surface area (TPSA) is 82.1 Å². The molecule has 6 rings (SSSR count). The second-order valence-electron chi connectivity index (χ2n) is 17.7. The Morgan fingerprint density at radius 1 is 0.596 bits per heavy atom. The number of hydrogen-bond acceptors (Lipinski definition) is 7. The summed E-state index contributed by atoms with van der Waals surface area (Å²) >= 11 is 0. The van der Waals surface area contributed by atoms with Gasteiger partial charge in [-0.15, -0.1) is 0 Å². The van der Waals surface area contributed by atoms with E-state index in [1.165, 1.54) is 77.0 Å². The van der Waals surface area contributed by atoms with Crippen LogP contribution in [0.4, 0.5) is 0 Å². The Bertz CT molecular complexity index is 1010. The highest BCUT2D eigenvalue weighted by atomic mass is 16.5. The minimum absolute atomic E-state index is 0.0193. The van der Waals surface area contributed by atoms with E-state index in [4.69, 9.17) is 14.2 Å². The lowest BCUT2D eigenvalue weighted by molar-refractivity contribution is -0.161. The van der Waals surface area contributed by atoms with E-state index in [2.05, 4.69) is 25.7 Å². The van der Waals surface area contributed by atoms with Crippen LogP contribution in [-0.4, -0.2) is 62.3 Å². The maximum Gasteiger partial charge on any atom is 0.311 e. The number of carbonyl (C=O) groups excluding carboxylic acids is 3. The number of nitrogens with zero attached hydrogens (tertiary/aromatic N) is 1. The Morgan fingerprint density at radius 3 is 1.53 bits per heavy atom. The number of rotatable bonds is 13. The van der Waals surface area contributed by atoms with Gasteiger partial charge < -0.3 is 14.2 Å². The molecule has 0 N–H and O–H groups in total. The Balaban J connectivity index is 1.01. The highest BCUT2D eigenvalue weighted by Gasteiger charge is 2.46. The van der Waals surface area contributed by atoms with Gasteiger partial charge in [-0.3, -0.25) is 19.3 Å². The number of hydrogen-bond donors (Lipinski definition) is 0. The Labute approximate surface area is 285 Å². The van der Waals surface area contributed by atoms with Gasteiger partial charge in [-0.2, -0.15) is 0 Å². The third-order valence-corrected chi connectivity index (χ3v) is 14.0. The predicted molar refractivity (Wildman–Crippen MR) is 182 cm³/mol. The molecule has 0 amide bonds. The van der Waals surface area contributed by atoms with Crippen LogP contribution in [0.15, 0.2) is 0 Å². The molecular formula is C40H65NO6. The van der Waals surface area contributed by atoms with Crippen LogP contribution in [0, 0.1) is 58.2 Å². The van der Waals surface area contributed by atoms with Crippen LogP contribution in [-0.2, 0) is 28.6 Å². The van der Waals surface area contributed by atoms with Crippen molar-refractivity contribution < 1.29 is 28.6 Å². The molecule has 0 aromatic carbocycles. The van der Waals surface area contributed by atoms with Crippen molar-refractivity contribution >= 4 is 17.9 Å². The molecule has 0 heterocycles. The molecule has 0 aliphatic heterocycles. The summed E-state index contributed by atoms with van der Waals surface area (Å²) < 4.78 is 17.9. The molecule has 0 aromatic rings. The monoisotopic (exact) mass is 655 g/mol. The van der Waals surface area contributed by atoms with Gasteiger partial charge in [0.1, 0.15) is 19.8 Å². The number of carbonyl (C=O) groups is 3. The Kier molecular flexibility index (Phi) is 11.6. The average Bonchev–Trinajstić information content (AvgIpc) is 3.03. The Morgan fingerprint density at radius 2 is 1.04 bits per heavy atom. The first-order valence-corrected chi connectivity index (χ1v) is 19.9. The summed E-state index contributed by atoms with van der Waals surface area (Å²) in [5.41, 5.74) is -0.766. The third-order valence-electron chi connectivity index (χ3n) is 14.0. The molecule has 266 valence electrons. The predicted octanol–water partition coefficient (Wildman–Crippen LogP) is 7.98. The average molecular weight is 656 g/mol. The second kappa shape index (κ2) is 15.5. The zero-order chi connectivity index (χ0) is 33.0. The summed E-state index contributed by atoms with van der Waals surface area (Å²) in [6.45, 7) is 8.98. The molecule has 6 aliphatic rings. The molecule has 0 saturated heterocycles. The van der Waals surface area contributed by atoms with Gasteiger partial charge in [0.2, 0.25) is 0 Å². The largest absolute Gasteiger partial charge is 0.464 e. The molecule has 6 fully saturated rings. The fourth-order valence-corrected chi connectivity index (χ4v) is 11.9. The Hall–Kier alpha value is -1.63. The van der Waals surface area contributed by atoms with Gasteiger partial charge >= 0.3 is 17.9 Å². The normalized spacial score (nSPS) is 39.6. The van der Waals surface area contributed by atoms with Crippen molar-refractivity contribution in [1.29, 1.82) is 0 Å². The summed E-state index contributed by atoms with van der Waals surface area (Å²) in [5, 5.41) is 0. The maximum atomic E-state index is 13.4. The molecular weight excluding hydrogens is 590 g/mol. The summed E-state index contributed by atoms with van der Waals surface area (Å²) in [6, 6.07) is 0. The molecule has 0 radical (unpaired) electrons. The van der Waals surface area contributed by atoms with Crippen molar-refractivity contribution in [3.8, 4) is 0 Å². The molecule has 8 unspecified atom stereocenters. The van der Waals surface area contributed by atoms with Crippen LogP contribution in [0.5, 0.6) is 0 Å². The van der Waals surface area contributed by atoms with E-state index in [0.29, 0.717) is 80.9 Å². The first kappa shape index (κ1) is 35.2. The highest BCUT2D eigenvalue weighted by Crippen LogP contribution is 2.51. The molecule has 6 bridgehead atoms. The number of ether oxygens (including phenoxy) is 3. The van der Waals surface area contributed by atoms with Crippen LogP contribution in [0.2, 0.25) is 0 Å². The van der Waals surface area contributed by atoms with E-state index in [0.717, 1.165) is 38.5 Å². The summed E-state index contributed by atoms with van der Waals surface area (Å²) in [4.78, 5) is 42.3. The molecule has 0 spiro atoms. The minimum Gasteiger partial charge on any atom is -0.464 e. The van der Waals surface area contributed by atoms with Crippen molar-refractivity contribution in [2.45, 2.75) is 136 Å². The fraction of sp³-hybridized carbons (Fsp3) is 0.925. The quantitative estimate of drug-likeness (QED) is 0.147. The number of fused-ring (bicyclic) bond motifs is 6. The lowest BCUT2D eigenvalue weighted by Crippen LogP contribution is -2.43. The summed E-state index contributed by atoms with van der Waals surface area (Å²) in [6.07, 6.45) is 21.0. The van der Waals surface area contributed by atoms with Crippen LogP contribution in [0.3, 0.4) is 0 Å². The third kappa shape index (κ3) is 8.58. The zero-order valence-corrected chi connectivity index (χ0v) is 30.0. The van der Waals surface area contributed by atoms with Crippen LogP contribution in [0.1, 0.15) is 136 Å². The van der Waals surface area contributed by atoms with Crippen molar-refractivity contribution in [2.24, 2.45) is 58.2 Å². The van der Waals surface area contributed by atoms with Crippen molar-refractivity contribution in [3.63, 3.8) is 0 Å². The first-order valence-electron chi connectivity index (χ1n) is 19.9. The van der Waals surface area contributed by atoms with Gasteiger partial charge in [-0.1, -0.05) is 71.1 Å². The van der Waals surface area contributed by atoms with Crippen LogP contribution < -0.4 is 0 Å². The van der Waals surface area contributed by atoms with Gasteiger partial charge in [-0.25, -0.2) is 0 Å². The SMILES string of the molecule is CCC1C2CCCC(C2)CC1C(=O)OCCN(CCOC(=O)C1(C)CC2CCCC(C2)C1)CCOC(=O)C1(C)CC2CCCC(C2)C1. The molecule has 0 aromatic heterocycles. The smallest absolute Gasteiger partial charge is 0.311 e. The highest BCUT2D eigenvalue weighted by molar-refractivity contribution is 5.77. The van der Waals surface area contributed by atoms with Gasteiger partial charge in [0, 0.05) is 19.6 Å². The first-order chi connectivity index (χ1) is 22.6. The van der Waals surface area contributed by atoms with E-state index in [9.17, 15) is 14.4 Å². The van der Waals surface area contributed by atoms with Gasteiger partial charge in [0.25, 0.3) is 0 Å². The van der Waals surface area contributed by atoms with E-state index < -0.39 is 0 Å². The van der Waals surface area contributed by atoms with E-state index in [1.54, 1.807) is 0 Å². The summed E-state index contributed by atoms with van der Waals surface area (Å²) in [5.74, 6) is 4.27. The lowest BCUT2D eigenvalue weighted by atomic mass is 9.61. The maximum absolute atomic E-state index is 13.4. The van der Waals surface area contributed by atoms with Gasteiger partial charge in [0.05, 0.1) is 16.7 Å². The molecule has 47 heavy (non-hydrogen) atoms. The fourth-order valence-electron chi connectivity index (χ4n) is 11.9.